The summed E-state index contributed by atoms with van der Waals surface area (Å²) >= 11 is 12.1. The Labute approximate surface area is 130 Å². The highest BCUT2D eigenvalue weighted by atomic mass is 35.5. The first-order valence-corrected chi connectivity index (χ1v) is 7.89. The molecule has 0 saturated carbocycles. The van der Waals surface area contributed by atoms with Gasteiger partial charge in [0.1, 0.15) is 5.38 Å². The number of nitrogens with one attached hydrogen (secondary N) is 1. The van der Waals surface area contributed by atoms with E-state index in [2.05, 4.69) is 10.2 Å². The Bertz CT molecular complexity index is 469. The number of hydrogen-bond acceptors (Lipinski definition) is 2. The fourth-order valence-electron chi connectivity index (χ4n) is 2.39. The summed E-state index contributed by atoms with van der Waals surface area (Å²) in [6, 6.07) is 5.64. The predicted octanol–water partition coefficient (Wildman–Crippen LogP) is 4.29. The molecular formula is C15H20Cl2N2O. The minimum Gasteiger partial charge on any atom is -0.370 e. The van der Waals surface area contributed by atoms with Crippen LogP contribution in [0.25, 0.3) is 0 Å². The Hall–Kier alpha value is -0.930. The summed E-state index contributed by atoms with van der Waals surface area (Å²) in [6.45, 7) is 3.73. The molecule has 110 valence electrons. The zero-order valence-electron chi connectivity index (χ0n) is 11.7. The van der Waals surface area contributed by atoms with Crippen molar-refractivity contribution in [1.82, 2.24) is 0 Å². The van der Waals surface area contributed by atoms with Gasteiger partial charge in [0.05, 0.1) is 10.7 Å². The molecule has 1 aliphatic heterocycles. The molecule has 0 aromatic heterocycles. The van der Waals surface area contributed by atoms with Crippen LogP contribution in [0.1, 0.15) is 32.6 Å². The van der Waals surface area contributed by atoms with Gasteiger partial charge in [0.15, 0.2) is 0 Å². The number of rotatable bonds is 3. The van der Waals surface area contributed by atoms with E-state index in [9.17, 15) is 4.79 Å². The van der Waals surface area contributed by atoms with Crippen molar-refractivity contribution in [2.75, 3.05) is 23.3 Å². The number of nitrogens with zero attached hydrogens (tertiary/aromatic N) is 1. The van der Waals surface area contributed by atoms with Crippen LogP contribution in [0.2, 0.25) is 5.02 Å². The number of carbonyl (C=O) groups excluding carboxylic acids is 1. The Balaban J connectivity index is 2.10. The van der Waals surface area contributed by atoms with E-state index in [1.54, 1.807) is 13.0 Å². The third-order valence-electron chi connectivity index (χ3n) is 3.52. The van der Waals surface area contributed by atoms with Gasteiger partial charge in [-0.05, 0) is 38.0 Å². The summed E-state index contributed by atoms with van der Waals surface area (Å²) in [4.78, 5) is 13.9. The normalized spacial score (nSPS) is 17.4. The fourth-order valence-corrected chi connectivity index (χ4v) is 2.75. The minimum atomic E-state index is -0.556. The van der Waals surface area contributed by atoms with Crippen molar-refractivity contribution in [3.05, 3.63) is 23.2 Å². The Kier molecular flexibility index (Phi) is 5.55. The SMILES string of the molecule is CC(Cl)C(=O)Nc1ccc(N2CCCCCC2)c(Cl)c1. The summed E-state index contributed by atoms with van der Waals surface area (Å²) in [5.74, 6) is -0.217. The predicted molar refractivity (Wildman–Crippen MR) is 86.1 cm³/mol. The van der Waals surface area contributed by atoms with Gasteiger partial charge < -0.3 is 10.2 Å². The molecule has 1 fully saturated rings. The zero-order valence-corrected chi connectivity index (χ0v) is 13.2. The molecule has 0 radical (unpaired) electrons. The number of benzene rings is 1. The van der Waals surface area contributed by atoms with Gasteiger partial charge >= 0.3 is 0 Å². The minimum absolute atomic E-state index is 0.217. The van der Waals surface area contributed by atoms with Gasteiger partial charge in [-0.1, -0.05) is 24.4 Å². The first-order valence-electron chi connectivity index (χ1n) is 7.07. The molecule has 1 unspecified atom stereocenters. The average molecular weight is 315 g/mol. The number of amides is 1. The Morgan fingerprint density at radius 3 is 2.45 bits per heavy atom. The van der Waals surface area contributed by atoms with Crippen molar-refractivity contribution in [3.63, 3.8) is 0 Å². The number of carbonyl (C=O) groups is 1. The van der Waals surface area contributed by atoms with E-state index in [4.69, 9.17) is 23.2 Å². The van der Waals surface area contributed by atoms with Crippen LogP contribution in [0, 0.1) is 0 Å². The van der Waals surface area contributed by atoms with Crippen molar-refractivity contribution in [3.8, 4) is 0 Å². The second-order valence-electron chi connectivity index (χ2n) is 5.17. The summed E-state index contributed by atoms with van der Waals surface area (Å²) in [7, 11) is 0. The van der Waals surface area contributed by atoms with E-state index in [-0.39, 0.29) is 5.91 Å². The molecule has 20 heavy (non-hydrogen) atoms. The van der Waals surface area contributed by atoms with Gasteiger partial charge in [0, 0.05) is 18.8 Å². The molecule has 1 amide bonds. The maximum Gasteiger partial charge on any atom is 0.242 e. The monoisotopic (exact) mass is 314 g/mol. The van der Waals surface area contributed by atoms with Crippen molar-refractivity contribution >= 4 is 40.5 Å². The lowest BCUT2D eigenvalue weighted by molar-refractivity contribution is -0.115. The third-order valence-corrected chi connectivity index (χ3v) is 4.02. The molecule has 0 spiro atoms. The number of anilines is 2. The lowest BCUT2D eigenvalue weighted by Gasteiger charge is -2.24. The molecule has 2 rings (SSSR count). The molecule has 1 saturated heterocycles. The summed E-state index contributed by atoms with van der Waals surface area (Å²) in [5.41, 5.74) is 1.73. The molecule has 1 aromatic carbocycles. The van der Waals surface area contributed by atoms with Crippen LogP contribution in [0.3, 0.4) is 0 Å². The molecule has 1 aliphatic rings. The van der Waals surface area contributed by atoms with Crippen LogP contribution < -0.4 is 10.2 Å². The first-order chi connectivity index (χ1) is 9.58. The van der Waals surface area contributed by atoms with Crippen molar-refractivity contribution < 1.29 is 4.79 Å². The van der Waals surface area contributed by atoms with Gasteiger partial charge in [-0.2, -0.15) is 0 Å². The van der Waals surface area contributed by atoms with Gasteiger partial charge in [-0.3, -0.25) is 4.79 Å². The van der Waals surface area contributed by atoms with Crippen molar-refractivity contribution in [2.45, 2.75) is 38.0 Å². The van der Waals surface area contributed by atoms with Crippen LogP contribution in [0.15, 0.2) is 18.2 Å². The van der Waals surface area contributed by atoms with Gasteiger partial charge in [-0.25, -0.2) is 0 Å². The summed E-state index contributed by atoms with van der Waals surface area (Å²) in [6.07, 6.45) is 4.99. The van der Waals surface area contributed by atoms with Gasteiger partial charge in [0.2, 0.25) is 5.91 Å². The molecule has 1 atom stereocenters. The number of alkyl halides is 1. The fraction of sp³-hybridized carbons (Fsp3) is 0.533. The van der Waals surface area contributed by atoms with Crippen LogP contribution in [0.5, 0.6) is 0 Å². The first kappa shape index (κ1) is 15.5. The highest BCUT2D eigenvalue weighted by Gasteiger charge is 2.14. The lowest BCUT2D eigenvalue weighted by atomic mass is 10.2. The van der Waals surface area contributed by atoms with Gasteiger partial charge in [0.25, 0.3) is 0 Å². The summed E-state index contributed by atoms with van der Waals surface area (Å²) < 4.78 is 0. The molecule has 1 aromatic rings. The topological polar surface area (TPSA) is 32.3 Å². The second-order valence-corrected chi connectivity index (χ2v) is 6.23. The van der Waals surface area contributed by atoms with Gasteiger partial charge in [-0.15, -0.1) is 11.6 Å². The summed E-state index contributed by atoms with van der Waals surface area (Å²) in [5, 5.41) is 2.87. The third kappa shape index (κ3) is 4.03. The smallest absolute Gasteiger partial charge is 0.242 e. The highest BCUT2D eigenvalue weighted by Crippen LogP contribution is 2.30. The number of hydrogen-bond donors (Lipinski definition) is 1. The Morgan fingerprint density at radius 1 is 1.25 bits per heavy atom. The largest absolute Gasteiger partial charge is 0.370 e. The van der Waals surface area contributed by atoms with Crippen LogP contribution in [-0.4, -0.2) is 24.4 Å². The van der Waals surface area contributed by atoms with E-state index in [0.29, 0.717) is 10.7 Å². The maximum atomic E-state index is 11.6. The van der Waals surface area contributed by atoms with E-state index < -0.39 is 5.38 Å². The molecule has 3 nitrogen and oxygen atoms in total. The molecular weight excluding hydrogens is 295 g/mol. The standard InChI is InChI=1S/C15H20Cl2N2O/c1-11(16)15(20)18-12-6-7-14(13(17)10-12)19-8-4-2-3-5-9-19/h6-7,10-11H,2-5,8-9H2,1H3,(H,18,20). The maximum absolute atomic E-state index is 11.6. The molecule has 1 heterocycles. The van der Waals surface area contributed by atoms with Crippen molar-refractivity contribution in [2.24, 2.45) is 0 Å². The van der Waals surface area contributed by atoms with Crippen LogP contribution in [-0.2, 0) is 4.79 Å². The average Bonchev–Trinajstić information content (AvgIpc) is 2.67. The zero-order chi connectivity index (χ0) is 14.5. The second kappa shape index (κ2) is 7.19. The molecule has 5 heteroatoms. The van der Waals surface area contributed by atoms with Crippen LogP contribution >= 0.6 is 23.2 Å². The van der Waals surface area contributed by atoms with E-state index >= 15 is 0 Å². The van der Waals surface area contributed by atoms with E-state index in [1.807, 2.05) is 12.1 Å². The molecule has 0 bridgehead atoms. The van der Waals surface area contributed by atoms with E-state index in [0.717, 1.165) is 18.8 Å². The molecule has 0 aliphatic carbocycles. The number of halogens is 2. The van der Waals surface area contributed by atoms with Crippen molar-refractivity contribution in [1.29, 1.82) is 0 Å². The van der Waals surface area contributed by atoms with E-state index in [1.165, 1.54) is 25.7 Å². The molecule has 1 N–H and O–H groups in total. The quantitative estimate of drug-likeness (QED) is 0.844. The lowest BCUT2D eigenvalue weighted by Crippen LogP contribution is -2.24. The Morgan fingerprint density at radius 2 is 1.90 bits per heavy atom. The van der Waals surface area contributed by atoms with Crippen LogP contribution in [0.4, 0.5) is 11.4 Å². The highest BCUT2D eigenvalue weighted by molar-refractivity contribution is 6.34.